The van der Waals surface area contributed by atoms with Crippen LogP contribution in [0.1, 0.15) is 31.2 Å². The molecule has 19 heavy (non-hydrogen) atoms. The minimum absolute atomic E-state index is 0.145. The molecule has 102 valence electrons. The molecular formula is C15H18O4. The summed E-state index contributed by atoms with van der Waals surface area (Å²) in [5.74, 6) is 1.36. The Balaban J connectivity index is 1.97. The Morgan fingerprint density at radius 2 is 1.89 bits per heavy atom. The highest BCUT2D eigenvalue weighted by atomic mass is 16.5. The van der Waals surface area contributed by atoms with E-state index in [2.05, 4.69) is 0 Å². The van der Waals surface area contributed by atoms with E-state index in [1.54, 1.807) is 0 Å². The van der Waals surface area contributed by atoms with Crippen LogP contribution in [0.3, 0.4) is 0 Å². The zero-order chi connectivity index (χ0) is 13.3. The van der Waals surface area contributed by atoms with Crippen molar-refractivity contribution in [2.45, 2.75) is 31.1 Å². The van der Waals surface area contributed by atoms with E-state index in [9.17, 15) is 4.79 Å². The third-order valence-corrected chi connectivity index (χ3v) is 4.08. The summed E-state index contributed by atoms with van der Waals surface area (Å²) in [6.07, 6.45) is 3.63. The van der Waals surface area contributed by atoms with Crippen molar-refractivity contribution in [1.29, 1.82) is 0 Å². The van der Waals surface area contributed by atoms with Gasteiger partial charge >= 0.3 is 5.97 Å². The van der Waals surface area contributed by atoms with Crippen LogP contribution in [0.5, 0.6) is 11.5 Å². The monoisotopic (exact) mass is 262 g/mol. The molecule has 1 aromatic carbocycles. The van der Waals surface area contributed by atoms with E-state index < -0.39 is 5.41 Å². The zero-order valence-corrected chi connectivity index (χ0v) is 11.1. The lowest BCUT2D eigenvalue weighted by Gasteiger charge is -2.39. The molecular weight excluding hydrogens is 244 g/mol. The minimum atomic E-state index is -0.473. The first-order chi connectivity index (χ1) is 9.26. The lowest BCUT2D eigenvalue weighted by Crippen LogP contribution is -2.43. The normalized spacial score (nSPS) is 20.1. The van der Waals surface area contributed by atoms with Gasteiger partial charge in [-0.25, -0.2) is 0 Å². The van der Waals surface area contributed by atoms with Crippen LogP contribution in [0.15, 0.2) is 18.2 Å². The van der Waals surface area contributed by atoms with Gasteiger partial charge in [0.15, 0.2) is 11.5 Å². The summed E-state index contributed by atoms with van der Waals surface area (Å²) in [4.78, 5) is 12.1. The molecule has 0 spiro atoms. The fraction of sp³-hybridized carbons (Fsp3) is 0.533. The van der Waals surface area contributed by atoms with Crippen molar-refractivity contribution in [2.24, 2.45) is 0 Å². The maximum Gasteiger partial charge on any atom is 0.316 e. The van der Waals surface area contributed by atoms with Crippen molar-refractivity contribution in [3.8, 4) is 11.5 Å². The van der Waals surface area contributed by atoms with Crippen LogP contribution in [0.4, 0.5) is 0 Å². The van der Waals surface area contributed by atoms with E-state index in [4.69, 9.17) is 14.2 Å². The molecule has 0 bridgehead atoms. The summed E-state index contributed by atoms with van der Waals surface area (Å²) in [6, 6.07) is 5.80. The maximum atomic E-state index is 12.1. The number of carbonyl (C=O) groups is 1. The van der Waals surface area contributed by atoms with Gasteiger partial charge in [-0.2, -0.15) is 0 Å². The number of benzene rings is 1. The highest BCUT2D eigenvalue weighted by Gasteiger charge is 2.47. The Hall–Kier alpha value is -1.71. The first-order valence-corrected chi connectivity index (χ1v) is 6.75. The molecule has 0 saturated heterocycles. The van der Waals surface area contributed by atoms with E-state index in [1.165, 1.54) is 7.11 Å². The van der Waals surface area contributed by atoms with E-state index in [0.29, 0.717) is 13.2 Å². The molecule has 0 radical (unpaired) electrons. The van der Waals surface area contributed by atoms with E-state index in [0.717, 1.165) is 42.7 Å². The number of rotatable bonds is 2. The van der Waals surface area contributed by atoms with Gasteiger partial charge in [0.1, 0.15) is 0 Å². The molecule has 0 N–H and O–H groups in total. The average molecular weight is 262 g/mol. The summed E-state index contributed by atoms with van der Waals surface area (Å²) >= 11 is 0. The summed E-state index contributed by atoms with van der Waals surface area (Å²) in [5.41, 5.74) is 0.509. The molecule has 1 aliphatic heterocycles. The van der Waals surface area contributed by atoms with Crippen molar-refractivity contribution < 1.29 is 19.0 Å². The number of esters is 1. The van der Waals surface area contributed by atoms with Crippen LogP contribution < -0.4 is 9.47 Å². The second-order valence-electron chi connectivity index (χ2n) is 5.14. The Morgan fingerprint density at radius 1 is 1.16 bits per heavy atom. The minimum Gasteiger partial charge on any atom is -0.490 e. The number of fused-ring (bicyclic) bond motifs is 1. The van der Waals surface area contributed by atoms with Crippen LogP contribution in [0, 0.1) is 0 Å². The SMILES string of the molecule is COC(=O)C1(c2ccc3c(c2)OCCCO3)CCC1. The highest BCUT2D eigenvalue weighted by molar-refractivity contribution is 5.84. The van der Waals surface area contributed by atoms with Crippen molar-refractivity contribution in [3.63, 3.8) is 0 Å². The van der Waals surface area contributed by atoms with Gasteiger partial charge in [-0.05, 0) is 30.5 Å². The van der Waals surface area contributed by atoms with Crippen LogP contribution in [0.2, 0.25) is 0 Å². The maximum absolute atomic E-state index is 12.1. The Kier molecular flexibility index (Phi) is 3.09. The molecule has 4 nitrogen and oxygen atoms in total. The van der Waals surface area contributed by atoms with E-state index >= 15 is 0 Å². The lowest BCUT2D eigenvalue weighted by molar-refractivity contribution is -0.151. The molecule has 0 aromatic heterocycles. The fourth-order valence-electron chi connectivity index (χ4n) is 2.80. The summed E-state index contributed by atoms with van der Waals surface area (Å²) in [5, 5.41) is 0. The van der Waals surface area contributed by atoms with Gasteiger partial charge < -0.3 is 14.2 Å². The predicted octanol–water partition coefficient (Wildman–Crippen LogP) is 2.44. The fourth-order valence-corrected chi connectivity index (χ4v) is 2.80. The standard InChI is InChI=1S/C15H18O4/c1-17-14(16)15(6-2-7-15)11-4-5-12-13(10-11)19-9-3-8-18-12/h4-5,10H,2-3,6-9H2,1H3. The molecule has 0 unspecified atom stereocenters. The Morgan fingerprint density at radius 3 is 2.53 bits per heavy atom. The number of hydrogen-bond acceptors (Lipinski definition) is 4. The summed E-state index contributed by atoms with van der Waals surface area (Å²) < 4.78 is 16.3. The van der Waals surface area contributed by atoms with Gasteiger partial charge in [-0.15, -0.1) is 0 Å². The van der Waals surface area contributed by atoms with Gasteiger partial charge in [-0.3, -0.25) is 4.79 Å². The average Bonchev–Trinajstić information content (AvgIpc) is 2.61. The highest BCUT2D eigenvalue weighted by Crippen LogP contribution is 2.46. The number of hydrogen-bond donors (Lipinski definition) is 0. The number of carbonyl (C=O) groups excluding carboxylic acids is 1. The largest absolute Gasteiger partial charge is 0.490 e. The Labute approximate surface area is 112 Å². The van der Waals surface area contributed by atoms with Gasteiger partial charge in [0, 0.05) is 6.42 Å². The molecule has 0 atom stereocenters. The summed E-state index contributed by atoms with van der Waals surface area (Å²) in [7, 11) is 1.45. The van der Waals surface area contributed by atoms with Crippen LogP contribution in [-0.4, -0.2) is 26.3 Å². The Bertz CT molecular complexity index is 491. The topological polar surface area (TPSA) is 44.8 Å². The first-order valence-electron chi connectivity index (χ1n) is 6.75. The van der Waals surface area contributed by atoms with Crippen LogP contribution >= 0.6 is 0 Å². The van der Waals surface area contributed by atoms with Crippen LogP contribution in [0.25, 0.3) is 0 Å². The zero-order valence-electron chi connectivity index (χ0n) is 11.1. The van der Waals surface area contributed by atoms with Crippen LogP contribution in [-0.2, 0) is 14.9 Å². The third kappa shape index (κ3) is 1.95. The molecule has 1 aliphatic carbocycles. The van der Waals surface area contributed by atoms with Gasteiger partial charge in [0.2, 0.25) is 0 Å². The molecule has 4 heteroatoms. The third-order valence-electron chi connectivity index (χ3n) is 4.08. The first kappa shape index (κ1) is 12.3. The van der Waals surface area contributed by atoms with Gasteiger partial charge in [0.25, 0.3) is 0 Å². The quantitative estimate of drug-likeness (QED) is 0.768. The van der Waals surface area contributed by atoms with Crippen molar-refractivity contribution in [1.82, 2.24) is 0 Å². The van der Waals surface area contributed by atoms with E-state index in [-0.39, 0.29) is 5.97 Å². The molecule has 1 aromatic rings. The van der Waals surface area contributed by atoms with Gasteiger partial charge in [0.05, 0.1) is 25.7 Å². The smallest absolute Gasteiger partial charge is 0.316 e. The number of methoxy groups -OCH3 is 1. The van der Waals surface area contributed by atoms with E-state index in [1.807, 2.05) is 18.2 Å². The molecule has 1 fully saturated rings. The predicted molar refractivity (Wildman–Crippen MR) is 69.6 cm³/mol. The summed E-state index contributed by atoms with van der Waals surface area (Å²) in [6.45, 7) is 1.33. The molecule has 0 amide bonds. The second kappa shape index (κ2) is 4.76. The second-order valence-corrected chi connectivity index (χ2v) is 5.14. The van der Waals surface area contributed by atoms with Gasteiger partial charge in [-0.1, -0.05) is 12.5 Å². The number of ether oxygens (including phenoxy) is 3. The molecule has 2 aliphatic rings. The molecule has 1 saturated carbocycles. The molecule has 1 heterocycles. The lowest BCUT2D eigenvalue weighted by atomic mass is 9.64. The van der Waals surface area contributed by atoms with Crippen molar-refractivity contribution in [2.75, 3.05) is 20.3 Å². The molecule has 3 rings (SSSR count). The van der Waals surface area contributed by atoms with Crippen molar-refractivity contribution in [3.05, 3.63) is 23.8 Å². The van der Waals surface area contributed by atoms with Crippen molar-refractivity contribution >= 4 is 5.97 Å².